The number of hydrogen-bond acceptors (Lipinski definition) is 3. The van der Waals surface area contributed by atoms with Crippen LogP contribution in [0.4, 0.5) is 0 Å². The third kappa shape index (κ3) is 9.94. The number of aliphatic hydroxyl groups excluding tert-OH is 3. The molecule has 3 heteroatoms. The van der Waals surface area contributed by atoms with E-state index < -0.39 is 18.3 Å². The molecule has 106 valence electrons. The molecule has 0 aromatic rings. The molecular weight excluding hydrogens is 252 g/mol. The topological polar surface area (TPSA) is 60.7 Å². The van der Waals surface area contributed by atoms with Gasteiger partial charge < -0.3 is 15.3 Å². The molecule has 0 amide bonds. The van der Waals surface area contributed by atoms with E-state index >= 15 is 0 Å². The summed E-state index contributed by atoms with van der Waals surface area (Å²) >= 11 is 0. The lowest BCUT2D eigenvalue weighted by Crippen LogP contribution is -2.22. The molecule has 0 aromatic heterocycles. The summed E-state index contributed by atoms with van der Waals surface area (Å²) in [5, 5.41) is 28.2. The van der Waals surface area contributed by atoms with Gasteiger partial charge in [-0.3, -0.25) is 0 Å². The van der Waals surface area contributed by atoms with Crippen molar-refractivity contribution >= 4 is 0 Å². The van der Waals surface area contributed by atoms with Crippen molar-refractivity contribution in [1.29, 1.82) is 0 Å². The minimum Gasteiger partial charge on any atom is -0.390 e. The molecule has 0 fully saturated rings. The lowest BCUT2D eigenvalue weighted by Gasteiger charge is -2.11. The Hall–Kier alpha value is -2.04. The van der Waals surface area contributed by atoms with Crippen LogP contribution in [0.25, 0.3) is 0 Å². The van der Waals surface area contributed by atoms with E-state index in [4.69, 9.17) is 5.11 Å². The van der Waals surface area contributed by atoms with Crippen molar-refractivity contribution < 1.29 is 15.3 Å². The third-order valence-electron chi connectivity index (χ3n) is 2.19. The Balaban J connectivity index is 4.11. The van der Waals surface area contributed by atoms with Crippen LogP contribution in [0, 0.1) is 23.7 Å². The summed E-state index contributed by atoms with van der Waals surface area (Å²) in [5.41, 5.74) is 0. The third-order valence-corrected chi connectivity index (χ3v) is 2.19. The fourth-order valence-electron chi connectivity index (χ4n) is 1.09. The van der Waals surface area contributed by atoms with E-state index in [2.05, 4.69) is 36.8 Å². The fourth-order valence-corrected chi connectivity index (χ4v) is 1.09. The van der Waals surface area contributed by atoms with E-state index in [1.165, 1.54) is 12.2 Å². The van der Waals surface area contributed by atoms with Gasteiger partial charge in [-0.1, -0.05) is 48.8 Å². The maximum absolute atomic E-state index is 9.63. The van der Waals surface area contributed by atoms with E-state index in [1.807, 2.05) is 0 Å². The Labute approximate surface area is 120 Å². The average molecular weight is 272 g/mol. The molecule has 3 N–H and O–H groups in total. The zero-order valence-electron chi connectivity index (χ0n) is 11.4. The van der Waals surface area contributed by atoms with Crippen LogP contribution in [0.5, 0.6) is 0 Å². The maximum Gasteiger partial charge on any atom is 0.134 e. The number of rotatable bonds is 7. The first-order chi connectivity index (χ1) is 9.61. The molecule has 0 unspecified atom stereocenters. The number of hydrogen-bond donors (Lipinski definition) is 3. The van der Waals surface area contributed by atoms with Gasteiger partial charge in [-0.2, -0.15) is 0 Å². The highest BCUT2D eigenvalue weighted by Gasteiger charge is 2.10. The van der Waals surface area contributed by atoms with Crippen LogP contribution in [-0.2, 0) is 0 Å². The van der Waals surface area contributed by atoms with Gasteiger partial charge in [0.15, 0.2) is 0 Å². The SMILES string of the molecule is C=CC/C=C\[C@H](O)[C@H](O)C/C=C/C#CC#C[C@@H](O)C=C. The van der Waals surface area contributed by atoms with Gasteiger partial charge in [-0.15, -0.1) is 6.58 Å². The summed E-state index contributed by atoms with van der Waals surface area (Å²) in [4.78, 5) is 0. The summed E-state index contributed by atoms with van der Waals surface area (Å²) in [6.45, 7) is 6.92. The van der Waals surface area contributed by atoms with Gasteiger partial charge in [0, 0.05) is 0 Å². The number of allylic oxidation sites excluding steroid dienone is 3. The van der Waals surface area contributed by atoms with Gasteiger partial charge in [0.25, 0.3) is 0 Å². The molecule has 0 aliphatic heterocycles. The molecule has 0 bridgehead atoms. The van der Waals surface area contributed by atoms with Crippen LogP contribution in [-0.4, -0.2) is 33.6 Å². The minimum absolute atomic E-state index is 0.289. The first-order valence-electron chi connectivity index (χ1n) is 6.22. The molecule has 0 aliphatic carbocycles. The molecule has 0 saturated heterocycles. The van der Waals surface area contributed by atoms with Crippen molar-refractivity contribution in [1.82, 2.24) is 0 Å². The predicted octanol–water partition coefficient (Wildman–Crippen LogP) is 1.34. The average Bonchev–Trinajstić information content (AvgIpc) is 2.45. The van der Waals surface area contributed by atoms with Crippen molar-refractivity contribution in [3.05, 3.63) is 49.6 Å². The summed E-state index contributed by atoms with van der Waals surface area (Å²) in [6.07, 6.45) is 7.77. The predicted molar refractivity (Wildman–Crippen MR) is 81.5 cm³/mol. The summed E-state index contributed by atoms with van der Waals surface area (Å²) in [5.74, 6) is 10.1. The van der Waals surface area contributed by atoms with E-state index in [9.17, 15) is 10.2 Å². The highest BCUT2D eigenvalue weighted by atomic mass is 16.3. The minimum atomic E-state index is -0.907. The zero-order valence-corrected chi connectivity index (χ0v) is 11.4. The lowest BCUT2D eigenvalue weighted by atomic mass is 10.1. The van der Waals surface area contributed by atoms with Crippen LogP contribution < -0.4 is 0 Å². The van der Waals surface area contributed by atoms with Gasteiger partial charge in [-0.25, -0.2) is 0 Å². The van der Waals surface area contributed by atoms with Crippen LogP contribution in [0.2, 0.25) is 0 Å². The van der Waals surface area contributed by atoms with Crippen LogP contribution in [0.15, 0.2) is 49.6 Å². The number of aliphatic hydroxyl groups is 3. The molecule has 0 aromatic carbocycles. The lowest BCUT2D eigenvalue weighted by molar-refractivity contribution is 0.0510. The van der Waals surface area contributed by atoms with E-state index in [0.29, 0.717) is 6.42 Å². The van der Waals surface area contributed by atoms with E-state index in [0.717, 1.165) is 0 Å². The molecule has 0 radical (unpaired) electrons. The van der Waals surface area contributed by atoms with Crippen LogP contribution in [0.3, 0.4) is 0 Å². The standard InChI is InChI=1S/C17H20O3/c1-3-5-9-13-16(19)17(20)14-11-8-6-7-10-12-15(18)4-2/h3-4,8-9,11,13,15-20H,1-2,5,14H2/b11-8+,13-9-/t15-,16-,17+/m0/s1. The van der Waals surface area contributed by atoms with Crippen molar-refractivity contribution in [2.45, 2.75) is 31.2 Å². The zero-order chi connectivity index (χ0) is 15.2. The molecule has 20 heavy (non-hydrogen) atoms. The van der Waals surface area contributed by atoms with Crippen molar-refractivity contribution in [3.63, 3.8) is 0 Å². The van der Waals surface area contributed by atoms with Crippen molar-refractivity contribution in [2.75, 3.05) is 0 Å². The van der Waals surface area contributed by atoms with Crippen LogP contribution >= 0.6 is 0 Å². The Kier molecular flexibility index (Phi) is 10.8. The van der Waals surface area contributed by atoms with Gasteiger partial charge in [-0.05, 0) is 30.8 Å². The Morgan fingerprint density at radius 1 is 1.05 bits per heavy atom. The van der Waals surface area contributed by atoms with E-state index in [-0.39, 0.29) is 6.42 Å². The maximum atomic E-state index is 9.63. The second-order valence-electron chi connectivity index (χ2n) is 3.87. The van der Waals surface area contributed by atoms with Crippen LogP contribution in [0.1, 0.15) is 12.8 Å². The molecule has 0 saturated carbocycles. The summed E-state index contributed by atoms with van der Waals surface area (Å²) < 4.78 is 0. The second kappa shape index (κ2) is 12.0. The highest BCUT2D eigenvalue weighted by molar-refractivity contribution is 5.32. The first kappa shape index (κ1) is 18.0. The van der Waals surface area contributed by atoms with Gasteiger partial charge >= 0.3 is 0 Å². The van der Waals surface area contributed by atoms with Gasteiger partial charge in [0.1, 0.15) is 6.10 Å². The smallest absolute Gasteiger partial charge is 0.134 e. The van der Waals surface area contributed by atoms with Crippen molar-refractivity contribution in [3.8, 4) is 23.7 Å². The molecular formula is C17H20O3. The molecule has 0 aliphatic rings. The molecule has 0 heterocycles. The summed E-state index contributed by atoms with van der Waals surface area (Å²) in [7, 11) is 0. The largest absolute Gasteiger partial charge is 0.390 e. The Morgan fingerprint density at radius 2 is 1.80 bits per heavy atom. The molecule has 3 atom stereocenters. The summed E-state index contributed by atoms with van der Waals surface area (Å²) in [6, 6.07) is 0. The molecule has 0 rings (SSSR count). The quantitative estimate of drug-likeness (QED) is 0.484. The van der Waals surface area contributed by atoms with E-state index in [1.54, 1.807) is 24.3 Å². The van der Waals surface area contributed by atoms with Gasteiger partial charge in [0.2, 0.25) is 0 Å². The Morgan fingerprint density at radius 3 is 2.45 bits per heavy atom. The normalized spacial score (nSPS) is 14.8. The Bertz CT molecular complexity index is 466. The highest BCUT2D eigenvalue weighted by Crippen LogP contribution is 2.02. The molecule has 0 spiro atoms. The first-order valence-corrected chi connectivity index (χ1v) is 6.22. The van der Waals surface area contributed by atoms with Gasteiger partial charge in [0.05, 0.1) is 12.2 Å². The fraction of sp³-hybridized carbons (Fsp3) is 0.294. The second-order valence-corrected chi connectivity index (χ2v) is 3.87. The van der Waals surface area contributed by atoms with Crippen molar-refractivity contribution in [2.24, 2.45) is 0 Å². The molecule has 3 nitrogen and oxygen atoms in total. The monoisotopic (exact) mass is 272 g/mol.